The van der Waals surface area contributed by atoms with Crippen molar-refractivity contribution in [1.29, 1.82) is 0 Å². The maximum atomic E-state index is 12.3. The molecule has 0 radical (unpaired) electrons. The van der Waals surface area contributed by atoms with E-state index < -0.39 is 0 Å². The molecule has 0 atom stereocenters. The Kier molecular flexibility index (Phi) is 4.28. The second-order valence-corrected chi connectivity index (χ2v) is 5.19. The Morgan fingerprint density at radius 2 is 2.04 bits per heavy atom. The lowest BCUT2D eigenvalue weighted by atomic mass is 10.2. The fraction of sp³-hybridized carbons (Fsp3) is 0.222. The van der Waals surface area contributed by atoms with E-state index in [0.29, 0.717) is 17.9 Å². The number of nitrogens with one attached hydrogen (secondary N) is 1. The monoisotopic (exact) mass is 309 g/mol. The molecule has 1 N–H and O–H groups in total. The van der Waals surface area contributed by atoms with E-state index in [-0.39, 0.29) is 5.91 Å². The molecule has 1 aromatic heterocycles. The number of benzene rings is 2. The normalized spacial score (nSPS) is 10.7. The highest BCUT2D eigenvalue weighted by Crippen LogP contribution is 2.18. The van der Waals surface area contributed by atoms with Crippen LogP contribution in [0.15, 0.2) is 48.5 Å². The minimum Gasteiger partial charge on any atom is -0.497 e. The van der Waals surface area contributed by atoms with Crippen LogP contribution in [0.2, 0.25) is 0 Å². The Hall–Kier alpha value is -2.82. The molecular formula is C18H19N3O2. The number of ether oxygens (including phenoxy) is 1. The average Bonchev–Trinajstić information content (AvgIpc) is 2.97. The van der Waals surface area contributed by atoms with E-state index in [4.69, 9.17) is 4.74 Å². The zero-order chi connectivity index (χ0) is 16.2. The molecule has 1 amide bonds. The highest BCUT2D eigenvalue weighted by Gasteiger charge is 2.11. The highest BCUT2D eigenvalue weighted by molar-refractivity contribution is 5.94. The summed E-state index contributed by atoms with van der Waals surface area (Å²) in [4.78, 5) is 12.3. The van der Waals surface area contributed by atoms with Crippen molar-refractivity contribution in [3.05, 3.63) is 59.8 Å². The number of carbonyl (C=O) groups excluding carboxylic acids is 1. The number of carbonyl (C=O) groups is 1. The quantitative estimate of drug-likeness (QED) is 0.788. The molecule has 0 saturated carbocycles. The van der Waals surface area contributed by atoms with Crippen LogP contribution in [0.25, 0.3) is 10.9 Å². The summed E-state index contributed by atoms with van der Waals surface area (Å²) in [6.45, 7) is 3.24. The first-order chi connectivity index (χ1) is 11.2. The van der Waals surface area contributed by atoms with E-state index in [1.54, 1.807) is 25.3 Å². The lowest BCUT2D eigenvalue weighted by Gasteiger charge is -2.05. The maximum Gasteiger partial charge on any atom is 0.251 e. The molecule has 5 nitrogen and oxygen atoms in total. The van der Waals surface area contributed by atoms with Gasteiger partial charge in [0.15, 0.2) is 0 Å². The van der Waals surface area contributed by atoms with Gasteiger partial charge in [0.1, 0.15) is 5.75 Å². The molecule has 0 aliphatic rings. The van der Waals surface area contributed by atoms with Crippen LogP contribution in [0, 0.1) is 0 Å². The summed E-state index contributed by atoms with van der Waals surface area (Å²) in [5.41, 5.74) is 2.53. The number of hydrogen-bond acceptors (Lipinski definition) is 3. The summed E-state index contributed by atoms with van der Waals surface area (Å²) < 4.78 is 7.09. The van der Waals surface area contributed by atoms with Crippen molar-refractivity contribution >= 4 is 16.8 Å². The molecule has 0 aliphatic heterocycles. The molecule has 0 aliphatic carbocycles. The molecule has 3 rings (SSSR count). The fourth-order valence-electron chi connectivity index (χ4n) is 2.60. The van der Waals surface area contributed by atoms with E-state index in [1.165, 1.54) is 0 Å². The number of nitrogens with zero attached hydrogens (tertiary/aromatic N) is 2. The Bertz CT molecular complexity index is 839. The summed E-state index contributed by atoms with van der Waals surface area (Å²) in [6, 6.07) is 15.1. The van der Waals surface area contributed by atoms with E-state index in [2.05, 4.69) is 17.3 Å². The van der Waals surface area contributed by atoms with Gasteiger partial charge in [-0.1, -0.05) is 24.3 Å². The van der Waals surface area contributed by atoms with Crippen molar-refractivity contribution in [1.82, 2.24) is 15.1 Å². The fourth-order valence-corrected chi connectivity index (χ4v) is 2.60. The number of hydrogen-bond donors (Lipinski definition) is 1. The van der Waals surface area contributed by atoms with Gasteiger partial charge in [-0.2, -0.15) is 5.10 Å². The largest absolute Gasteiger partial charge is 0.497 e. The van der Waals surface area contributed by atoms with Gasteiger partial charge in [-0.25, -0.2) is 0 Å². The van der Waals surface area contributed by atoms with Gasteiger partial charge in [-0.3, -0.25) is 9.48 Å². The van der Waals surface area contributed by atoms with Gasteiger partial charge >= 0.3 is 0 Å². The standard InChI is InChI=1S/C18H19N3O2/c1-3-21-17-10-5-4-9-15(17)16(20-21)12-19-18(22)13-7-6-8-14(11-13)23-2/h4-11H,3,12H2,1-2H3,(H,19,22). The number of methoxy groups -OCH3 is 1. The van der Waals surface area contributed by atoms with Crippen LogP contribution in [-0.2, 0) is 13.1 Å². The molecule has 118 valence electrons. The first-order valence-electron chi connectivity index (χ1n) is 7.59. The molecule has 23 heavy (non-hydrogen) atoms. The van der Waals surface area contributed by atoms with Crippen LogP contribution in [0.3, 0.4) is 0 Å². The summed E-state index contributed by atoms with van der Waals surface area (Å²) in [6.07, 6.45) is 0. The third kappa shape index (κ3) is 3.04. The Balaban J connectivity index is 1.79. The molecule has 3 aromatic rings. The number of para-hydroxylation sites is 1. The van der Waals surface area contributed by atoms with Crippen molar-refractivity contribution < 1.29 is 9.53 Å². The van der Waals surface area contributed by atoms with Gasteiger partial charge in [-0.15, -0.1) is 0 Å². The number of aromatic nitrogens is 2. The predicted molar refractivity (Wildman–Crippen MR) is 89.6 cm³/mol. The lowest BCUT2D eigenvalue weighted by Crippen LogP contribution is -2.23. The number of rotatable bonds is 5. The Morgan fingerprint density at radius 1 is 1.22 bits per heavy atom. The van der Waals surface area contributed by atoms with E-state index in [9.17, 15) is 4.79 Å². The number of aryl methyl sites for hydroxylation is 1. The van der Waals surface area contributed by atoms with Gasteiger partial charge in [-0.05, 0) is 31.2 Å². The minimum atomic E-state index is -0.140. The molecule has 1 heterocycles. The van der Waals surface area contributed by atoms with E-state index in [0.717, 1.165) is 23.1 Å². The third-order valence-electron chi connectivity index (χ3n) is 3.78. The molecule has 0 spiro atoms. The van der Waals surface area contributed by atoms with Gasteiger partial charge in [0.2, 0.25) is 0 Å². The van der Waals surface area contributed by atoms with E-state index in [1.807, 2.05) is 35.0 Å². The zero-order valence-corrected chi connectivity index (χ0v) is 13.2. The molecule has 0 fully saturated rings. The van der Waals surface area contributed by atoms with Crippen LogP contribution >= 0.6 is 0 Å². The molecule has 5 heteroatoms. The Labute approximate surface area is 134 Å². The first kappa shape index (κ1) is 15.1. The van der Waals surface area contributed by atoms with Crippen molar-refractivity contribution in [2.24, 2.45) is 0 Å². The molecule has 0 unspecified atom stereocenters. The summed E-state index contributed by atoms with van der Waals surface area (Å²) in [7, 11) is 1.58. The summed E-state index contributed by atoms with van der Waals surface area (Å²) >= 11 is 0. The van der Waals surface area contributed by atoms with E-state index >= 15 is 0 Å². The Morgan fingerprint density at radius 3 is 2.83 bits per heavy atom. The maximum absolute atomic E-state index is 12.3. The second-order valence-electron chi connectivity index (χ2n) is 5.19. The van der Waals surface area contributed by atoms with Crippen molar-refractivity contribution in [2.45, 2.75) is 20.0 Å². The highest BCUT2D eigenvalue weighted by atomic mass is 16.5. The molecule has 0 bridgehead atoms. The van der Waals surface area contributed by atoms with Crippen LogP contribution < -0.4 is 10.1 Å². The molecular weight excluding hydrogens is 290 g/mol. The van der Waals surface area contributed by atoms with Crippen LogP contribution in [0.5, 0.6) is 5.75 Å². The van der Waals surface area contributed by atoms with Gasteiger partial charge in [0.25, 0.3) is 5.91 Å². The smallest absolute Gasteiger partial charge is 0.251 e. The summed E-state index contributed by atoms with van der Waals surface area (Å²) in [5, 5.41) is 8.58. The van der Waals surface area contributed by atoms with Gasteiger partial charge < -0.3 is 10.1 Å². The lowest BCUT2D eigenvalue weighted by molar-refractivity contribution is 0.0950. The number of amides is 1. The van der Waals surface area contributed by atoms with Crippen LogP contribution in [0.4, 0.5) is 0 Å². The van der Waals surface area contributed by atoms with Crippen LogP contribution in [-0.4, -0.2) is 22.8 Å². The van der Waals surface area contributed by atoms with Crippen molar-refractivity contribution in [3.8, 4) is 5.75 Å². The minimum absolute atomic E-state index is 0.140. The second kappa shape index (κ2) is 6.52. The average molecular weight is 309 g/mol. The van der Waals surface area contributed by atoms with Gasteiger partial charge in [0, 0.05) is 17.5 Å². The van der Waals surface area contributed by atoms with Gasteiger partial charge in [0.05, 0.1) is 24.9 Å². The van der Waals surface area contributed by atoms with Crippen LogP contribution in [0.1, 0.15) is 23.0 Å². The number of fused-ring (bicyclic) bond motifs is 1. The topological polar surface area (TPSA) is 56.2 Å². The van der Waals surface area contributed by atoms with Crippen molar-refractivity contribution in [3.63, 3.8) is 0 Å². The SMILES string of the molecule is CCn1nc(CNC(=O)c2cccc(OC)c2)c2ccccc21. The molecule has 2 aromatic carbocycles. The zero-order valence-electron chi connectivity index (χ0n) is 13.2. The summed E-state index contributed by atoms with van der Waals surface area (Å²) in [5.74, 6) is 0.525. The molecule has 0 saturated heterocycles. The predicted octanol–water partition coefficient (Wildman–Crippen LogP) is 2.99. The first-order valence-corrected chi connectivity index (χ1v) is 7.59. The van der Waals surface area contributed by atoms with Crippen molar-refractivity contribution in [2.75, 3.05) is 7.11 Å². The third-order valence-corrected chi connectivity index (χ3v) is 3.78.